The van der Waals surface area contributed by atoms with Crippen molar-refractivity contribution < 1.29 is 5.11 Å². The summed E-state index contributed by atoms with van der Waals surface area (Å²) < 4.78 is 0. The Labute approximate surface area is 44.7 Å². The third kappa shape index (κ3) is 3.53. The molecule has 0 fully saturated rings. The second-order valence-electron chi connectivity index (χ2n) is 1.40. The highest BCUT2D eigenvalue weighted by atomic mass is 16.3. The first kappa shape index (κ1) is 6.70. The molecule has 1 nitrogen and oxygen atoms in total. The Hall–Kier alpha value is -0.300. The quantitative estimate of drug-likeness (QED) is 0.550. The van der Waals surface area contributed by atoms with Crippen LogP contribution in [0.4, 0.5) is 0 Å². The summed E-state index contributed by atoms with van der Waals surface area (Å²) in [6, 6.07) is 0. The van der Waals surface area contributed by atoms with Gasteiger partial charge in [-0.15, -0.1) is 0 Å². The highest BCUT2D eigenvalue weighted by molar-refractivity contribution is 4.89. The van der Waals surface area contributed by atoms with E-state index in [1.54, 1.807) is 12.2 Å². The van der Waals surface area contributed by atoms with E-state index in [1.807, 2.05) is 6.92 Å². The molecule has 0 saturated carbocycles. The minimum atomic E-state index is -0.294. The van der Waals surface area contributed by atoms with Gasteiger partial charge in [-0.1, -0.05) is 19.1 Å². The molecule has 1 atom stereocenters. The van der Waals surface area contributed by atoms with Gasteiger partial charge in [0.05, 0.1) is 6.10 Å². The van der Waals surface area contributed by atoms with Crippen LogP contribution in [0.15, 0.2) is 12.2 Å². The van der Waals surface area contributed by atoms with Crippen molar-refractivity contribution in [3.8, 4) is 0 Å². The molecule has 7 heavy (non-hydrogen) atoms. The van der Waals surface area contributed by atoms with E-state index in [4.69, 9.17) is 5.11 Å². The first-order valence-electron chi connectivity index (χ1n) is 2.45. The van der Waals surface area contributed by atoms with Gasteiger partial charge in [0, 0.05) is 0 Å². The van der Waals surface area contributed by atoms with Gasteiger partial charge in [-0.2, -0.15) is 0 Å². The third-order valence-corrected chi connectivity index (χ3v) is 0.777. The minimum Gasteiger partial charge on any atom is -0.389 e. The molecule has 0 rings (SSSR count). The fourth-order valence-corrected chi connectivity index (χ4v) is 0.293. The highest BCUT2D eigenvalue weighted by Crippen LogP contribution is 1.89. The van der Waals surface area contributed by atoms with E-state index < -0.39 is 0 Å². The zero-order valence-corrected chi connectivity index (χ0v) is 4.59. The van der Waals surface area contributed by atoms with Gasteiger partial charge >= 0.3 is 0 Å². The average Bonchev–Trinajstić information content (AvgIpc) is 1.68. The molecule has 1 unspecified atom stereocenters. The van der Waals surface area contributed by atoms with Crippen LogP contribution in [0, 0.1) is 6.92 Å². The molecule has 1 radical (unpaired) electrons. The summed E-state index contributed by atoms with van der Waals surface area (Å²) >= 11 is 0. The first-order chi connectivity index (χ1) is 3.31. The Balaban J connectivity index is 3.16. The van der Waals surface area contributed by atoms with Crippen molar-refractivity contribution >= 4 is 0 Å². The van der Waals surface area contributed by atoms with E-state index in [-0.39, 0.29) is 6.10 Å². The van der Waals surface area contributed by atoms with Gasteiger partial charge in [0.1, 0.15) is 0 Å². The van der Waals surface area contributed by atoms with Crippen molar-refractivity contribution in [2.45, 2.75) is 19.4 Å². The number of allylic oxidation sites excluding steroid dienone is 1. The maximum atomic E-state index is 8.73. The van der Waals surface area contributed by atoms with E-state index in [9.17, 15) is 0 Å². The summed E-state index contributed by atoms with van der Waals surface area (Å²) in [5.74, 6) is 0. The van der Waals surface area contributed by atoms with E-state index in [2.05, 4.69) is 6.92 Å². The van der Waals surface area contributed by atoms with Crippen LogP contribution in [-0.4, -0.2) is 11.2 Å². The zero-order chi connectivity index (χ0) is 5.70. The Morgan fingerprint density at radius 2 is 2.43 bits per heavy atom. The molecule has 0 amide bonds. The first-order valence-corrected chi connectivity index (χ1v) is 2.45. The lowest BCUT2D eigenvalue weighted by molar-refractivity contribution is 0.219. The van der Waals surface area contributed by atoms with Crippen LogP contribution in [0.2, 0.25) is 0 Å². The fraction of sp³-hybridized carbons (Fsp3) is 0.500. The van der Waals surface area contributed by atoms with E-state index >= 15 is 0 Å². The Morgan fingerprint density at radius 3 is 2.57 bits per heavy atom. The smallest absolute Gasteiger partial charge is 0.0718 e. The van der Waals surface area contributed by atoms with Gasteiger partial charge in [-0.3, -0.25) is 0 Å². The molecule has 1 N–H and O–H groups in total. The van der Waals surface area contributed by atoms with Crippen LogP contribution in [-0.2, 0) is 0 Å². The van der Waals surface area contributed by atoms with Gasteiger partial charge < -0.3 is 5.11 Å². The van der Waals surface area contributed by atoms with Crippen molar-refractivity contribution in [1.82, 2.24) is 0 Å². The van der Waals surface area contributed by atoms with Crippen molar-refractivity contribution in [2.75, 3.05) is 0 Å². The van der Waals surface area contributed by atoms with E-state index in [0.717, 1.165) is 6.42 Å². The maximum Gasteiger partial charge on any atom is 0.0718 e. The van der Waals surface area contributed by atoms with Crippen molar-refractivity contribution in [1.29, 1.82) is 0 Å². The number of aliphatic hydroxyl groups excluding tert-OH is 1. The SMILES string of the molecule is [CH2]/C=C/C(O)CC. The van der Waals surface area contributed by atoms with Crippen molar-refractivity contribution in [2.24, 2.45) is 0 Å². The number of hydrogen-bond donors (Lipinski definition) is 1. The zero-order valence-electron chi connectivity index (χ0n) is 4.59. The van der Waals surface area contributed by atoms with Gasteiger partial charge in [-0.05, 0) is 13.3 Å². The summed E-state index contributed by atoms with van der Waals surface area (Å²) in [4.78, 5) is 0. The molecular formula is C6H11O. The molecule has 0 aliphatic carbocycles. The average molecular weight is 99.2 g/mol. The number of hydrogen-bond acceptors (Lipinski definition) is 1. The monoisotopic (exact) mass is 99.1 g/mol. The standard InChI is InChI=1S/C6H11O/c1-3-5-6(7)4-2/h3,5-7H,1,4H2,2H3/b5-3+. The largest absolute Gasteiger partial charge is 0.389 e. The van der Waals surface area contributed by atoms with Crippen LogP contribution in [0.1, 0.15) is 13.3 Å². The van der Waals surface area contributed by atoms with E-state index in [0.29, 0.717) is 0 Å². The van der Waals surface area contributed by atoms with Crippen LogP contribution in [0.3, 0.4) is 0 Å². The van der Waals surface area contributed by atoms with Crippen LogP contribution in [0.5, 0.6) is 0 Å². The van der Waals surface area contributed by atoms with Gasteiger partial charge in [0.25, 0.3) is 0 Å². The molecule has 0 aliphatic heterocycles. The predicted octanol–water partition coefficient (Wildman–Crippen LogP) is 1.15. The Bertz CT molecular complexity index is 57.2. The number of rotatable bonds is 2. The van der Waals surface area contributed by atoms with Gasteiger partial charge in [0.2, 0.25) is 0 Å². The van der Waals surface area contributed by atoms with Crippen LogP contribution < -0.4 is 0 Å². The molecule has 0 aromatic carbocycles. The second kappa shape index (κ2) is 3.88. The fourth-order valence-electron chi connectivity index (χ4n) is 0.293. The molecule has 0 spiro atoms. The number of aliphatic hydroxyl groups is 1. The highest BCUT2D eigenvalue weighted by Gasteiger charge is 1.87. The molecule has 1 heteroatoms. The summed E-state index contributed by atoms with van der Waals surface area (Å²) in [5, 5.41) is 8.73. The van der Waals surface area contributed by atoms with Gasteiger partial charge in [-0.25, -0.2) is 0 Å². The normalized spacial score (nSPS) is 15.3. The predicted molar refractivity (Wildman–Crippen MR) is 30.8 cm³/mol. The Morgan fingerprint density at radius 1 is 1.86 bits per heavy atom. The molecule has 41 valence electrons. The third-order valence-electron chi connectivity index (χ3n) is 0.777. The van der Waals surface area contributed by atoms with Crippen LogP contribution in [0.25, 0.3) is 0 Å². The lowest BCUT2D eigenvalue weighted by atomic mass is 10.3. The topological polar surface area (TPSA) is 20.2 Å². The van der Waals surface area contributed by atoms with E-state index in [1.165, 1.54) is 0 Å². The molecular weight excluding hydrogens is 88.1 g/mol. The lowest BCUT2D eigenvalue weighted by Crippen LogP contribution is -1.96. The molecule has 0 bridgehead atoms. The summed E-state index contributed by atoms with van der Waals surface area (Å²) in [6.45, 7) is 5.35. The molecule has 0 aromatic heterocycles. The van der Waals surface area contributed by atoms with Crippen molar-refractivity contribution in [3.63, 3.8) is 0 Å². The second-order valence-corrected chi connectivity index (χ2v) is 1.40. The molecule has 0 aliphatic rings. The summed E-state index contributed by atoms with van der Waals surface area (Å²) in [6.07, 6.45) is 3.75. The van der Waals surface area contributed by atoms with Gasteiger partial charge in [0.15, 0.2) is 0 Å². The summed E-state index contributed by atoms with van der Waals surface area (Å²) in [7, 11) is 0. The minimum absolute atomic E-state index is 0.294. The Kier molecular flexibility index (Phi) is 3.71. The van der Waals surface area contributed by atoms with Crippen LogP contribution >= 0.6 is 0 Å². The van der Waals surface area contributed by atoms with Crippen molar-refractivity contribution in [3.05, 3.63) is 19.1 Å². The lowest BCUT2D eigenvalue weighted by Gasteiger charge is -1.95. The summed E-state index contributed by atoms with van der Waals surface area (Å²) in [5.41, 5.74) is 0. The molecule has 0 aromatic rings. The molecule has 0 saturated heterocycles. The molecule has 0 heterocycles. The maximum absolute atomic E-state index is 8.73.